The summed E-state index contributed by atoms with van der Waals surface area (Å²) in [5.74, 6) is 0. The predicted octanol–water partition coefficient (Wildman–Crippen LogP) is 6.00. The summed E-state index contributed by atoms with van der Waals surface area (Å²) in [6, 6.07) is 27.1. The molecule has 0 fully saturated rings. The molecule has 0 bridgehead atoms. The standard InChI is InChI=1S/C22H19ClN2/c1-16-11-13-17(14-12-16)22-15-21(19-9-5-6-10-20(19)23)24-25(22)18-7-3-2-4-8-18/h2-14,22H,15H2,1H3/t22-/m1/s1. The summed E-state index contributed by atoms with van der Waals surface area (Å²) in [5.41, 5.74) is 5.66. The molecule has 25 heavy (non-hydrogen) atoms. The van der Waals surface area contributed by atoms with Crippen molar-refractivity contribution in [2.75, 3.05) is 5.01 Å². The lowest BCUT2D eigenvalue weighted by Crippen LogP contribution is -2.18. The van der Waals surface area contributed by atoms with Crippen molar-refractivity contribution in [1.82, 2.24) is 0 Å². The lowest BCUT2D eigenvalue weighted by atomic mass is 9.97. The van der Waals surface area contributed by atoms with E-state index in [0.717, 1.165) is 28.4 Å². The first-order valence-corrected chi connectivity index (χ1v) is 8.83. The van der Waals surface area contributed by atoms with Gasteiger partial charge < -0.3 is 0 Å². The largest absolute Gasteiger partial charge is 0.257 e. The zero-order valence-corrected chi connectivity index (χ0v) is 14.8. The fraction of sp³-hybridized carbons (Fsp3) is 0.136. The molecule has 4 rings (SSSR count). The maximum Gasteiger partial charge on any atom is 0.0831 e. The van der Waals surface area contributed by atoms with E-state index >= 15 is 0 Å². The quantitative estimate of drug-likeness (QED) is 0.567. The summed E-state index contributed by atoms with van der Waals surface area (Å²) in [4.78, 5) is 0. The minimum Gasteiger partial charge on any atom is -0.257 e. The van der Waals surface area contributed by atoms with Gasteiger partial charge in [0.05, 0.1) is 17.4 Å². The number of para-hydroxylation sites is 1. The van der Waals surface area contributed by atoms with Crippen molar-refractivity contribution in [1.29, 1.82) is 0 Å². The second-order valence-corrected chi connectivity index (χ2v) is 6.74. The molecule has 0 unspecified atom stereocenters. The molecule has 0 spiro atoms. The number of anilines is 1. The van der Waals surface area contributed by atoms with Gasteiger partial charge in [0.2, 0.25) is 0 Å². The summed E-state index contributed by atoms with van der Waals surface area (Å²) in [7, 11) is 0. The number of hydrogen-bond acceptors (Lipinski definition) is 2. The number of aryl methyl sites for hydroxylation is 1. The zero-order valence-electron chi connectivity index (χ0n) is 14.1. The van der Waals surface area contributed by atoms with Crippen molar-refractivity contribution in [2.45, 2.75) is 19.4 Å². The maximum absolute atomic E-state index is 6.41. The molecule has 0 radical (unpaired) electrons. The molecule has 0 aromatic heterocycles. The zero-order chi connectivity index (χ0) is 17.2. The number of nitrogens with zero attached hydrogens (tertiary/aromatic N) is 2. The third-order valence-electron chi connectivity index (χ3n) is 4.58. The highest BCUT2D eigenvalue weighted by Gasteiger charge is 2.30. The van der Waals surface area contributed by atoms with Crippen LogP contribution in [0.25, 0.3) is 0 Å². The topological polar surface area (TPSA) is 15.6 Å². The van der Waals surface area contributed by atoms with Crippen LogP contribution in [0, 0.1) is 6.92 Å². The Labute approximate surface area is 153 Å². The Bertz CT molecular complexity index is 901. The van der Waals surface area contributed by atoms with Crippen LogP contribution in [0.15, 0.2) is 84.0 Å². The van der Waals surface area contributed by atoms with Gasteiger partial charge in [-0.15, -0.1) is 0 Å². The van der Waals surface area contributed by atoms with Crippen LogP contribution in [0.5, 0.6) is 0 Å². The number of rotatable bonds is 3. The van der Waals surface area contributed by atoms with Crippen LogP contribution >= 0.6 is 11.6 Å². The van der Waals surface area contributed by atoms with Gasteiger partial charge >= 0.3 is 0 Å². The predicted molar refractivity (Wildman–Crippen MR) is 105 cm³/mol. The van der Waals surface area contributed by atoms with Crippen LogP contribution in [0.3, 0.4) is 0 Å². The van der Waals surface area contributed by atoms with Crippen LogP contribution in [0.4, 0.5) is 5.69 Å². The summed E-state index contributed by atoms with van der Waals surface area (Å²) in [6.45, 7) is 2.11. The minimum absolute atomic E-state index is 0.175. The molecule has 0 aliphatic carbocycles. The van der Waals surface area contributed by atoms with Gasteiger partial charge in [-0.3, -0.25) is 5.01 Å². The smallest absolute Gasteiger partial charge is 0.0831 e. The van der Waals surface area contributed by atoms with Gasteiger partial charge in [-0.25, -0.2) is 0 Å². The van der Waals surface area contributed by atoms with Crippen molar-refractivity contribution >= 4 is 23.0 Å². The van der Waals surface area contributed by atoms with Crippen LogP contribution in [0.2, 0.25) is 5.02 Å². The molecule has 3 aromatic rings. The number of hydrogen-bond donors (Lipinski definition) is 0. The number of hydrazone groups is 1. The molecule has 3 aromatic carbocycles. The van der Waals surface area contributed by atoms with Gasteiger partial charge in [0.1, 0.15) is 0 Å². The molecule has 3 heteroatoms. The molecule has 0 amide bonds. The van der Waals surface area contributed by atoms with E-state index < -0.39 is 0 Å². The van der Waals surface area contributed by atoms with Crippen LogP contribution in [-0.4, -0.2) is 5.71 Å². The number of halogens is 1. The Kier molecular flexibility index (Phi) is 4.29. The average molecular weight is 347 g/mol. The highest BCUT2D eigenvalue weighted by Crippen LogP contribution is 2.37. The molecule has 124 valence electrons. The van der Waals surface area contributed by atoms with E-state index in [9.17, 15) is 0 Å². The lowest BCUT2D eigenvalue weighted by Gasteiger charge is -2.24. The Morgan fingerprint density at radius 1 is 0.880 bits per heavy atom. The van der Waals surface area contributed by atoms with E-state index in [4.69, 9.17) is 16.7 Å². The second kappa shape index (κ2) is 6.73. The van der Waals surface area contributed by atoms with Crippen molar-refractivity contribution in [3.05, 3.63) is 101 Å². The van der Waals surface area contributed by atoms with Crippen molar-refractivity contribution in [3.8, 4) is 0 Å². The monoisotopic (exact) mass is 346 g/mol. The van der Waals surface area contributed by atoms with Crippen LogP contribution in [-0.2, 0) is 0 Å². The molecule has 1 aliphatic rings. The third kappa shape index (κ3) is 3.18. The van der Waals surface area contributed by atoms with Crippen molar-refractivity contribution in [3.63, 3.8) is 0 Å². The van der Waals surface area contributed by atoms with Gasteiger partial charge in [0.25, 0.3) is 0 Å². The fourth-order valence-electron chi connectivity index (χ4n) is 3.24. The van der Waals surface area contributed by atoms with E-state index in [1.54, 1.807) is 0 Å². The van der Waals surface area contributed by atoms with Crippen molar-refractivity contribution < 1.29 is 0 Å². The molecule has 0 N–H and O–H groups in total. The molecule has 0 saturated heterocycles. The molecular formula is C22H19ClN2. The lowest BCUT2D eigenvalue weighted by molar-refractivity contribution is 0.709. The normalized spacial score (nSPS) is 16.8. The first kappa shape index (κ1) is 15.9. The van der Waals surface area contributed by atoms with Gasteiger partial charge in [0, 0.05) is 17.0 Å². The third-order valence-corrected chi connectivity index (χ3v) is 4.91. The second-order valence-electron chi connectivity index (χ2n) is 6.34. The van der Waals surface area contributed by atoms with Gasteiger partial charge in [-0.05, 0) is 30.7 Å². The summed E-state index contributed by atoms with van der Waals surface area (Å²) < 4.78 is 0. The maximum atomic E-state index is 6.41. The molecular weight excluding hydrogens is 328 g/mol. The minimum atomic E-state index is 0.175. The van der Waals surface area contributed by atoms with E-state index in [1.807, 2.05) is 42.5 Å². The van der Waals surface area contributed by atoms with Gasteiger partial charge in [-0.2, -0.15) is 5.10 Å². The summed E-state index contributed by atoms with van der Waals surface area (Å²) >= 11 is 6.41. The van der Waals surface area contributed by atoms with Crippen LogP contribution < -0.4 is 5.01 Å². The Morgan fingerprint density at radius 2 is 1.56 bits per heavy atom. The fourth-order valence-corrected chi connectivity index (χ4v) is 3.48. The van der Waals surface area contributed by atoms with E-state index in [1.165, 1.54) is 11.1 Å². The molecule has 1 atom stereocenters. The highest BCUT2D eigenvalue weighted by atomic mass is 35.5. The summed E-state index contributed by atoms with van der Waals surface area (Å²) in [5, 5.41) is 7.80. The van der Waals surface area contributed by atoms with Gasteiger partial charge in [0.15, 0.2) is 0 Å². The summed E-state index contributed by atoms with van der Waals surface area (Å²) in [6.07, 6.45) is 0.835. The number of benzene rings is 3. The molecule has 2 nitrogen and oxygen atoms in total. The molecule has 1 aliphatic heterocycles. The first-order chi connectivity index (χ1) is 12.2. The molecule has 1 heterocycles. The Hall–Kier alpha value is -2.58. The van der Waals surface area contributed by atoms with E-state index in [2.05, 4.69) is 48.3 Å². The first-order valence-electron chi connectivity index (χ1n) is 8.45. The van der Waals surface area contributed by atoms with Crippen LogP contribution in [0.1, 0.15) is 29.2 Å². The SMILES string of the molecule is Cc1ccc([C@H]2CC(c3ccccc3Cl)=NN2c2ccccc2)cc1. The Morgan fingerprint density at radius 3 is 2.28 bits per heavy atom. The Balaban J connectivity index is 1.77. The van der Waals surface area contributed by atoms with E-state index in [0.29, 0.717) is 0 Å². The van der Waals surface area contributed by atoms with Gasteiger partial charge in [-0.1, -0.05) is 77.8 Å². The van der Waals surface area contributed by atoms with Crippen molar-refractivity contribution in [2.24, 2.45) is 5.10 Å². The highest BCUT2D eigenvalue weighted by molar-refractivity contribution is 6.34. The van der Waals surface area contributed by atoms with E-state index in [-0.39, 0.29) is 6.04 Å². The molecule has 0 saturated carbocycles. The average Bonchev–Trinajstić information content (AvgIpc) is 3.08.